The summed E-state index contributed by atoms with van der Waals surface area (Å²) in [6, 6.07) is 4.82. The van der Waals surface area contributed by atoms with Gasteiger partial charge in [-0.05, 0) is 19.4 Å². The van der Waals surface area contributed by atoms with Crippen LogP contribution in [0.3, 0.4) is 0 Å². The van der Waals surface area contributed by atoms with Crippen LogP contribution < -0.4 is 4.74 Å². The summed E-state index contributed by atoms with van der Waals surface area (Å²) in [5, 5.41) is 9.83. The lowest BCUT2D eigenvalue weighted by atomic mass is 9.95. The first-order valence-corrected chi connectivity index (χ1v) is 7.72. The van der Waals surface area contributed by atoms with E-state index in [-0.39, 0.29) is 5.75 Å². The highest BCUT2D eigenvalue weighted by atomic mass is 19.4. The molecule has 0 fully saturated rings. The molecule has 0 bridgehead atoms. The summed E-state index contributed by atoms with van der Waals surface area (Å²) in [5.41, 5.74) is -0.441. The molecule has 0 aliphatic rings. The van der Waals surface area contributed by atoms with Crippen molar-refractivity contribution < 1.29 is 49.4 Å². The number of aliphatic hydroxyl groups excluding tert-OH is 1. The Labute approximate surface area is 148 Å². The van der Waals surface area contributed by atoms with E-state index in [1.165, 1.54) is 18.2 Å². The molecular weight excluding hydrogens is 395 g/mol. The zero-order valence-electron chi connectivity index (χ0n) is 14.1. The van der Waals surface area contributed by atoms with Gasteiger partial charge in [0, 0.05) is 12.0 Å². The quantitative estimate of drug-likeness (QED) is 0.551. The van der Waals surface area contributed by atoms with E-state index in [0.717, 1.165) is 6.07 Å². The van der Waals surface area contributed by atoms with Gasteiger partial charge in [0.1, 0.15) is 5.75 Å². The van der Waals surface area contributed by atoms with Crippen molar-refractivity contribution in [3.8, 4) is 5.75 Å². The highest BCUT2D eigenvalue weighted by Gasteiger charge is 2.81. The molecule has 0 heterocycles. The number of alkyl halides is 9. The van der Waals surface area contributed by atoms with Crippen LogP contribution in [-0.2, 0) is 0 Å². The van der Waals surface area contributed by atoms with Gasteiger partial charge in [-0.15, -0.1) is 0 Å². The van der Waals surface area contributed by atoms with Crippen molar-refractivity contribution in [2.45, 2.75) is 62.8 Å². The van der Waals surface area contributed by atoms with Crippen molar-refractivity contribution in [3.63, 3.8) is 0 Å². The second-order valence-electron chi connectivity index (χ2n) is 5.95. The molecule has 2 unspecified atom stereocenters. The molecule has 11 heteroatoms. The maximum atomic E-state index is 13.7. The van der Waals surface area contributed by atoms with Gasteiger partial charge in [0.05, 0.1) is 12.2 Å². The van der Waals surface area contributed by atoms with E-state index < -0.39 is 48.1 Å². The molecule has 1 rings (SSSR count). The predicted molar refractivity (Wildman–Crippen MR) is 77.3 cm³/mol. The molecule has 27 heavy (non-hydrogen) atoms. The lowest BCUT2D eigenvalue weighted by molar-refractivity contribution is -0.398. The molecule has 0 spiro atoms. The molecule has 0 saturated heterocycles. The molecule has 1 aromatic rings. The van der Waals surface area contributed by atoms with E-state index in [1.54, 1.807) is 13.8 Å². The van der Waals surface area contributed by atoms with Crippen molar-refractivity contribution in [1.82, 2.24) is 0 Å². The van der Waals surface area contributed by atoms with E-state index in [2.05, 4.69) is 0 Å². The van der Waals surface area contributed by atoms with Gasteiger partial charge in [-0.2, -0.15) is 39.5 Å². The lowest BCUT2D eigenvalue weighted by Crippen LogP contribution is -2.61. The Hall–Kier alpha value is -1.65. The van der Waals surface area contributed by atoms with Gasteiger partial charge in [0.15, 0.2) is 0 Å². The predicted octanol–water partition coefficient (Wildman–Crippen LogP) is 5.76. The number of hydrogen-bond donors (Lipinski definition) is 1. The Bertz CT molecular complexity index is 629. The van der Waals surface area contributed by atoms with E-state index in [4.69, 9.17) is 4.74 Å². The topological polar surface area (TPSA) is 29.5 Å². The van der Waals surface area contributed by atoms with E-state index >= 15 is 0 Å². The van der Waals surface area contributed by atoms with Crippen LogP contribution in [0.1, 0.15) is 38.4 Å². The summed E-state index contributed by atoms with van der Waals surface area (Å²) < 4.78 is 122. The fourth-order valence-electron chi connectivity index (χ4n) is 2.05. The average Bonchev–Trinajstić information content (AvgIpc) is 2.53. The monoisotopic (exact) mass is 412 g/mol. The summed E-state index contributed by atoms with van der Waals surface area (Å²) >= 11 is 0. The minimum Gasteiger partial charge on any atom is -0.490 e. The summed E-state index contributed by atoms with van der Waals surface area (Å²) in [5.74, 6) is -19.8. The molecule has 0 radical (unpaired) electrons. The molecule has 0 aliphatic heterocycles. The largest absolute Gasteiger partial charge is 0.490 e. The summed E-state index contributed by atoms with van der Waals surface area (Å²) in [7, 11) is 0. The van der Waals surface area contributed by atoms with Gasteiger partial charge >= 0.3 is 23.9 Å². The third-order valence-corrected chi connectivity index (χ3v) is 3.84. The molecule has 1 aromatic carbocycles. The number of rotatable bonds is 8. The highest BCUT2D eigenvalue weighted by molar-refractivity contribution is 5.35. The minimum absolute atomic E-state index is 0.180. The van der Waals surface area contributed by atoms with E-state index in [0.29, 0.717) is 6.42 Å². The van der Waals surface area contributed by atoms with Gasteiger partial charge < -0.3 is 9.84 Å². The fraction of sp³-hybridized carbons (Fsp3) is 0.625. The van der Waals surface area contributed by atoms with Crippen LogP contribution in [-0.4, -0.2) is 35.2 Å². The van der Waals surface area contributed by atoms with Crippen LogP contribution in [0.5, 0.6) is 5.75 Å². The first-order chi connectivity index (χ1) is 12.1. The first kappa shape index (κ1) is 23.4. The van der Waals surface area contributed by atoms with E-state index in [1.807, 2.05) is 0 Å². The van der Waals surface area contributed by atoms with Crippen LogP contribution in [0, 0.1) is 0 Å². The molecule has 2 atom stereocenters. The van der Waals surface area contributed by atoms with Crippen LogP contribution in [0.25, 0.3) is 0 Å². The molecule has 0 aliphatic carbocycles. The van der Waals surface area contributed by atoms with Crippen molar-refractivity contribution in [1.29, 1.82) is 0 Å². The average molecular weight is 412 g/mol. The Morgan fingerprint density at radius 1 is 0.926 bits per heavy atom. The third-order valence-electron chi connectivity index (χ3n) is 3.84. The van der Waals surface area contributed by atoms with Crippen LogP contribution in [0.2, 0.25) is 0 Å². The van der Waals surface area contributed by atoms with Crippen molar-refractivity contribution in [3.05, 3.63) is 29.8 Å². The number of hydrogen-bond acceptors (Lipinski definition) is 2. The number of para-hydroxylation sites is 1. The molecule has 0 saturated carbocycles. The molecular formula is C16H17F9O2. The smallest absolute Gasteiger partial charge is 0.460 e. The molecule has 0 amide bonds. The number of ether oxygens (including phenoxy) is 1. The zero-order valence-corrected chi connectivity index (χ0v) is 14.1. The molecule has 0 aromatic heterocycles. The lowest BCUT2D eigenvalue weighted by Gasteiger charge is -2.34. The highest BCUT2D eigenvalue weighted by Crippen LogP contribution is 2.55. The summed E-state index contributed by atoms with van der Waals surface area (Å²) in [6.07, 6.45) is -11.8. The number of benzene rings is 1. The second-order valence-corrected chi connectivity index (χ2v) is 5.95. The Morgan fingerprint density at radius 3 is 1.93 bits per heavy atom. The second kappa shape index (κ2) is 7.76. The van der Waals surface area contributed by atoms with Crippen LogP contribution in [0.15, 0.2) is 24.3 Å². The van der Waals surface area contributed by atoms with Crippen molar-refractivity contribution >= 4 is 0 Å². The normalized spacial score (nSPS) is 16.1. The van der Waals surface area contributed by atoms with E-state index in [9.17, 15) is 44.6 Å². The maximum Gasteiger partial charge on any atom is 0.460 e. The Morgan fingerprint density at radius 2 is 1.44 bits per heavy atom. The summed E-state index contributed by atoms with van der Waals surface area (Å²) in [6.45, 7) is 3.29. The molecule has 156 valence electrons. The van der Waals surface area contributed by atoms with Crippen molar-refractivity contribution in [2.24, 2.45) is 0 Å². The van der Waals surface area contributed by atoms with Crippen molar-refractivity contribution in [2.75, 3.05) is 0 Å². The summed E-state index contributed by atoms with van der Waals surface area (Å²) in [4.78, 5) is 0. The first-order valence-electron chi connectivity index (χ1n) is 7.72. The Kier molecular flexibility index (Phi) is 6.73. The van der Waals surface area contributed by atoms with Gasteiger partial charge in [0.25, 0.3) is 0 Å². The van der Waals surface area contributed by atoms with Crippen LogP contribution in [0.4, 0.5) is 39.5 Å². The third kappa shape index (κ3) is 4.61. The molecule has 1 N–H and O–H groups in total. The number of halogens is 9. The fourth-order valence-corrected chi connectivity index (χ4v) is 2.05. The number of aliphatic hydroxyl groups is 1. The zero-order chi connectivity index (χ0) is 21.3. The Balaban J connectivity index is 3.16. The van der Waals surface area contributed by atoms with Gasteiger partial charge in [-0.3, -0.25) is 0 Å². The van der Waals surface area contributed by atoms with Gasteiger partial charge in [-0.1, -0.05) is 25.1 Å². The SMILES string of the molecule is CCC(C)Oc1ccccc1C(O)CC(F)(F)C(F)(F)C(F)(F)C(F)(F)F. The minimum atomic E-state index is -6.99. The molecule has 2 nitrogen and oxygen atoms in total. The maximum absolute atomic E-state index is 13.7. The van der Waals surface area contributed by atoms with Gasteiger partial charge in [-0.25, -0.2) is 0 Å². The van der Waals surface area contributed by atoms with Gasteiger partial charge in [0.2, 0.25) is 0 Å². The van der Waals surface area contributed by atoms with Crippen LogP contribution >= 0.6 is 0 Å². The standard InChI is InChI=1S/C16H17F9O2/c1-3-9(2)27-12-7-5-4-6-10(12)11(26)8-13(17,18)14(19,20)15(21,22)16(23,24)25/h4-7,9,11,26H,3,8H2,1-2H3.